The van der Waals surface area contributed by atoms with E-state index in [1.807, 2.05) is 13.4 Å². The molecule has 0 radical (unpaired) electrons. The second-order valence-corrected chi connectivity index (χ2v) is 7.28. The first-order valence-electron chi connectivity index (χ1n) is 8.31. The van der Waals surface area contributed by atoms with E-state index in [9.17, 15) is 0 Å². The summed E-state index contributed by atoms with van der Waals surface area (Å²) in [6.07, 6.45) is 10.5. The van der Waals surface area contributed by atoms with Crippen LogP contribution in [0.15, 0.2) is 23.0 Å². The van der Waals surface area contributed by atoms with E-state index in [1.165, 1.54) is 18.4 Å². The van der Waals surface area contributed by atoms with Crippen LogP contribution in [0, 0.1) is 5.41 Å². The highest BCUT2D eigenvalue weighted by molar-refractivity contribution is 5.11. The summed E-state index contributed by atoms with van der Waals surface area (Å²) in [7, 11) is 1.88. The minimum Gasteiger partial charge on any atom is -0.472 e. The van der Waals surface area contributed by atoms with Gasteiger partial charge in [0.05, 0.1) is 18.1 Å². The van der Waals surface area contributed by atoms with E-state index in [4.69, 9.17) is 9.15 Å². The quantitative estimate of drug-likeness (QED) is 0.819. The molecule has 120 valence electrons. The van der Waals surface area contributed by atoms with Crippen LogP contribution < -0.4 is 5.32 Å². The number of hydrogen-bond acceptors (Lipinski definition) is 3. The van der Waals surface area contributed by atoms with E-state index in [-0.39, 0.29) is 5.60 Å². The number of nitrogens with one attached hydrogen (secondary N) is 1. The van der Waals surface area contributed by atoms with E-state index >= 15 is 0 Å². The molecule has 0 amide bonds. The molecule has 1 aliphatic carbocycles. The molecule has 21 heavy (non-hydrogen) atoms. The van der Waals surface area contributed by atoms with Gasteiger partial charge in [-0.1, -0.05) is 20.8 Å². The van der Waals surface area contributed by atoms with E-state index in [0.717, 1.165) is 32.2 Å². The second-order valence-electron chi connectivity index (χ2n) is 7.28. The van der Waals surface area contributed by atoms with E-state index in [2.05, 4.69) is 32.2 Å². The zero-order valence-electron chi connectivity index (χ0n) is 14.1. The summed E-state index contributed by atoms with van der Waals surface area (Å²) in [5, 5.41) is 3.73. The van der Waals surface area contributed by atoms with E-state index in [0.29, 0.717) is 11.5 Å². The van der Waals surface area contributed by atoms with Crippen molar-refractivity contribution >= 4 is 0 Å². The van der Waals surface area contributed by atoms with Gasteiger partial charge in [-0.25, -0.2) is 0 Å². The molecular formula is C18H31NO2. The Kier molecular flexibility index (Phi) is 5.50. The molecule has 1 aromatic rings. The maximum Gasteiger partial charge on any atom is 0.0935 e. The average Bonchev–Trinajstić information content (AvgIpc) is 2.97. The number of furan rings is 1. The van der Waals surface area contributed by atoms with Crippen LogP contribution in [0.4, 0.5) is 0 Å². The summed E-state index contributed by atoms with van der Waals surface area (Å²) in [6.45, 7) is 8.00. The molecule has 1 aromatic heterocycles. The Morgan fingerprint density at radius 1 is 1.29 bits per heavy atom. The average molecular weight is 293 g/mol. The second kappa shape index (κ2) is 6.97. The lowest BCUT2D eigenvalue weighted by Crippen LogP contribution is -2.55. The standard InChI is InChI=1S/C18H31NO2/c1-5-11-19-16(13-15-6-12-21-14-15)18(20-4)9-7-17(2,3)8-10-18/h6,12,14,16,19H,5,7-11,13H2,1-4H3. The van der Waals surface area contributed by atoms with Crippen LogP contribution in [-0.4, -0.2) is 25.3 Å². The summed E-state index contributed by atoms with van der Waals surface area (Å²) < 4.78 is 11.3. The van der Waals surface area contributed by atoms with Crippen LogP contribution in [0.5, 0.6) is 0 Å². The third-order valence-electron chi connectivity index (χ3n) is 5.15. The van der Waals surface area contributed by atoms with Gasteiger partial charge < -0.3 is 14.5 Å². The normalized spacial score (nSPS) is 22.1. The van der Waals surface area contributed by atoms with Gasteiger partial charge in [0.1, 0.15) is 0 Å². The lowest BCUT2D eigenvalue weighted by atomic mass is 9.67. The van der Waals surface area contributed by atoms with Gasteiger partial charge in [-0.05, 0) is 62.1 Å². The lowest BCUT2D eigenvalue weighted by molar-refractivity contribution is -0.0861. The smallest absolute Gasteiger partial charge is 0.0935 e. The number of ether oxygens (including phenoxy) is 1. The Morgan fingerprint density at radius 3 is 2.52 bits per heavy atom. The minimum atomic E-state index is -0.0397. The molecule has 3 nitrogen and oxygen atoms in total. The van der Waals surface area contributed by atoms with Crippen molar-refractivity contribution in [2.24, 2.45) is 5.41 Å². The molecule has 2 rings (SSSR count). The van der Waals surface area contributed by atoms with Crippen molar-refractivity contribution in [3.8, 4) is 0 Å². The molecule has 0 saturated heterocycles. The highest BCUT2D eigenvalue weighted by Crippen LogP contribution is 2.44. The van der Waals surface area contributed by atoms with Crippen molar-refractivity contribution in [2.45, 2.75) is 70.9 Å². The fourth-order valence-electron chi connectivity index (χ4n) is 3.45. The van der Waals surface area contributed by atoms with Gasteiger partial charge in [-0.2, -0.15) is 0 Å². The number of hydrogen-bond donors (Lipinski definition) is 1. The van der Waals surface area contributed by atoms with Crippen molar-refractivity contribution in [3.05, 3.63) is 24.2 Å². The zero-order valence-corrected chi connectivity index (χ0v) is 14.1. The van der Waals surface area contributed by atoms with Crippen molar-refractivity contribution in [2.75, 3.05) is 13.7 Å². The summed E-state index contributed by atoms with van der Waals surface area (Å²) in [5.41, 5.74) is 1.67. The maximum atomic E-state index is 6.09. The third kappa shape index (κ3) is 4.10. The van der Waals surface area contributed by atoms with E-state index < -0.39 is 0 Å². The number of methoxy groups -OCH3 is 1. The number of rotatable bonds is 7. The lowest BCUT2D eigenvalue weighted by Gasteiger charge is -2.47. The first kappa shape index (κ1) is 16.6. The molecule has 1 fully saturated rings. The summed E-state index contributed by atoms with van der Waals surface area (Å²) in [6, 6.07) is 2.42. The van der Waals surface area contributed by atoms with Crippen LogP contribution in [0.1, 0.15) is 58.4 Å². The van der Waals surface area contributed by atoms with E-state index in [1.54, 1.807) is 6.26 Å². The molecule has 1 saturated carbocycles. The molecule has 1 heterocycles. The predicted octanol–water partition coefficient (Wildman–Crippen LogP) is 4.18. The van der Waals surface area contributed by atoms with Gasteiger partial charge in [0.2, 0.25) is 0 Å². The van der Waals surface area contributed by atoms with Crippen LogP contribution in [-0.2, 0) is 11.2 Å². The van der Waals surface area contributed by atoms with Gasteiger partial charge >= 0.3 is 0 Å². The van der Waals surface area contributed by atoms with Crippen LogP contribution in [0.2, 0.25) is 0 Å². The van der Waals surface area contributed by atoms with Crippen LogP contribution in [0.25, 0.3) is 0 Å². The molecule has 3 heteroatoms. The summed E-state index contributed by atoms with van der Waals surface area (Å²) >= 11 is 0. The highest BCUT2D eigenvalue weighted by atomic mass is 16.5. The summed E-state index contributed by atoms with van der Waals surface area (Å²) in [4.78, 5) is 0. The molecule has 1 N–H and O–H groups in total. The highest BCUT2D eigenvalue weighted by Gasteiger charge is 2.44. The summed E-state index contributed by atoms with van der Waals surface area (Å²) in [5.74, 6) is 0. The molecule has 0 aliphatic heterocycles. The fraction of sp³-hybridized carbons (Fsp3) is 0.778. The van der Waals surface area contributed by atoms with Gasteiger partial charge in [-0.15, -0.1) is 0 Å². The van der Waals surface area contributed by atoms with Crippen molar-refractivity contribution in [3.63, 3.8) is 0 Å². The topological polar surface area (TPSA) is 34.4 Å². The molecule has 1 aliphatic rings. The largest absolute Gasteiger partial charge is 0.472 e. The van der Waals surface area contributed by atoms with Crippen LogP contribution >= 0.6 is 0 Å². The Balaban J connectivity index is 2.12. The zero-order chi connectivity index (χ0) is 15.3. The van der Waals surface area contributed by atoms with Gasteiger partial charge in [0, 0.05) is 13.2 Å². The van der Waals surface area contributed by atoms with Crippen molar-refractivity contribution < 1.29 is 9.15 Å². The monoisotopic (exact) mass is 293 g/mol. The molecular weight excluding hydrogens is 262 g/mol. The van der Waals surface area contributed by atoms with Gasteiger partial charge in [0.15, 0.2) is 0 Å². The third-order valence-corrected chi connectivity index (χ3v) is 5.15. The Labute approximate surface area is 129 Å². The molecule has 0 bridgehead atoms. The van der Waals surface area contributed by atoms with Gasteiger partial charge in [0.25, 0.3) is 0 Å². The molecule has 0 aromatic carbocycles. The maximum absolute atomic E-state index is 6.09. The Bertz CT molecular complexity index is 401. The van der Waals surface area contributed by atoms with Crippen molar-refractivity contribution in [1.82, 2.24) is 5.32 Å². The first-order valence-corrected chi connectivity index (χ1v) is 8.31. The minimum absolute atomic E-state index is 0.0397. The van der Waals surface area contributed by atoms with Crippen molar-refractivity contribution in [1.29, 1.82) is 0 Å². The Morgan fingerprint density at radius 2 is 2.00 bits per heavy atom. The van der Waals surface area contributed by atoms with Gasteiger partial charge in [-0.3, -0.25) is 0 Å². The fourth-order valence-corrected chi connectivity index (χ4v) is 3.45. The predicted molar refractivity (Wildman–Crippen MR) is 86.5 cm³/mol. The molecule has 1 unspecified atom stereocenters. The SMILES string of the molecule is CCCNC(Cc1ccoc1)C1(OC)CCC(C)(C)CC1. The molecule has 1 atom stereocenters. The van der Waals surface area contributed by atoms with Crippen LogP contribution in [0.3, 0.4) is 0 Å². The first-order chi connectivity index (χ1) is 10.0. The Hall–Kier alpha value is -0.800. The molecule has 0 spiro atoms.